The van der Waals surface area contributed by atoms with Crippen LogP contribution in [0.4, 0.5) is 0 Å². The maximum Gasteiger partial charge on any atom is 0.339 e. The maximum absolute atomic E-state index is 12.6. The predicted molar refractivity (Wildman–Crippen MR) is 108 cm³/mol. The molecule has 2 aromatic rings. The van der Waals surface area contributed by atoms with Crippen LogP contribution in [0.5, 0.6) is 0 Å². The zero-order chi connectivity index (χ0) is 20.8. The van der Waals surface area contributed by atoms with Gasteiger partial charge < -0.3 is 14.5 Å². The number of ketones is 1. The van der Waals surface area contributed by atoms with Crippen molar-refractivity contribution in [3.05, 3.63) is 52.3 Å². The third-order valence-electron chi connectivity index (χ3n) is 4.35. The minimum Gasteiger partial charge on any atom is -0.465 e. The summed E-state index contributed by atoms with van der Waals surface area (Å²) in [6.45, 7) is 6.90. The largest absolute Gasteiger partial charge is 0.465 e. The van der Waals surface area contributed by atoms with E-state index in [1.54, 1.807) is 25.6 Å². The van der Waals surface area contributed by atoms with E-state index in [0.717, 1.165) is 4.90 Å². The van der Waals surface area contributed by atoms with Crippen LogP contribution in [0, 0.1) is 20.8 Å². The Morgan fingerprint density at radius 2 is 1.75 bits per heavy atom. The Balaban J connectivity index is 1.92. The average molecular weight is 404 g/mol. The first-order valence-corrected chi connectivity index (χ1v) is 9.93. The number of methoxy groups -OCH3 is 1. The normalized spacial score (nSPS) is 11.8. The Hall–Kier alpha value is -2.54. The molecule has 0 spiro atoms. The maximum atomic E-state index is 12.6. The lowest BCUT2D eigenvalue weighted by molar-refractivity contribution is -0.145. The van der Waals surface area contributed by atoms with Crippen molar-refractivity contribution in [3.63, 3.8) is 0 Å². The summed E-state index contributed by atoms with van der Waals surface area (Å²) in [5.74, 6) is -0.761. The number of hydrogen-bond donors (Lipinski definition) is 1. The molecule has 1 unspecified atom stereocenters. The van der Waals surface area contributed by atoms with Crippen LogP contribution in [-0.4, -0.2) is 41.7 Å². The van der Waals surface area contributed by atoms with Crippen LogP contribution in [0.3, 0.4) is 0 Å². The summed E-state index contributed by atoms with van der Waals surface area (Å²) in [4.78, 5) is 40.5. The van der Waals surface area contributed by atoms with E-state index in [1.165, 1.54) is 19.6 Å². The second kappa shape index (κ2) is 9.59. The van der Waals surface area contributed by atoms with Gasteiger partial charge in [0.2, 0.25) is 5.78 Å². The van der Waals surface area contributed by atoms with Gasteiger partial charge >= 0.3 is 11.9 Å². The number of carbonyl (C=O) groups excluding carboxylic acids is 3. The summed E-state index contributed by atoms with van der Waals surface area (Å²) in [6.07, 6.45) is -0.745. The van der Waals surface area contributed by atoms with E-state index in [0.29, 0.717) is 22.6 Å². The SMILES string of the molecule is COC(=O)c1c(C)[nH]c(C(=O)C(C)OC(=O)CCSc2ccc(C)cc2)c1C. The molecule has 0 fully saturated rings. The molecule has 1 atom stereocenters. The van der Waals surface area contributed by atoms with E-state index >= 15 is 0 Å². The van der Waals surface area contributed by atoms with Gasteiger partial charge in [-0.25, -0.2) is 4.79 Å². The highest BCUT2D eigenvalue weighted by Crippen LogP contribution is 2.22. The van der Waals surface area contributed by atoms with Crippen LogP contribution in [-0.2, 0) is 14.3 Å². The third-order valence-corrected chi connectivity index (χ3v) is 5.36. The Morgan fingerprint density at radius 1 is 1.11 bits per heavy atom. The number of H-pyrrole nitrogens is 1. The molecule has 1 aromatic carbocycles. The number of aromatic nitrogens is 1. The molecule has 7 heteroatoms. The second-order valence-electron chi connectivity index (χ2n) is 6.52. The van der Waals surface area contributed by atoms with Gasteiger partial charge in [0, 0.05) is 16.3 Å². The van der Waals surface area contributed by atoms with Gasteiger partial charge in [-0.05, 0) is 45.4 Å². The zero-order valence-electron chi connectivity index (χ0n) is 16.8. The van der Waals surface area contributed by atoms with Crippen molar-refractivity contribution in [2.24, 2.45) is 0 Å². The predicted octanol–water partition coefficient (Wildman–Crippen LogP) is 4.02. The number of thioether (sulfide) groups is 1. The quantitative estimate of drug-likeness (QED) is 0.407. The van der Waals surface area contributed by atoms with Crippen molar-refractivity contribution in [3.8, 4) is 0 Å². The van der Waals surface area contributed by atoms with E-state index in [4.69, 9.17) is 9.47 Å². The lowest BCUT2D eigenvalue weighted by Gasteiger charge is -2.12. The molecule has 150 valence electrons. The van der Waals surface area contributed by atoms with Gasteiger partial charge in [0.25, 0.3) is 0 Å². The first-order valence-electron chi connectivity index (χ1n) is 8.95. The Kier molecular flexibility index (Phi) is 7.45. The van der Waals surface area contributed by atoms with Crippen LogP contribution < -0.4 is 0 Å². The smallest absolute Gasteiger partial charge is 0.339 e. The number of aryl methyl sites for hydroxylation is 2. The van der Waals surface area contributed by atoms with Crippen LogP contribution in [0.15, 0.2) is 29.2 Å². The summed E-state index contributed by atoms with van der Waals surface area (Å²) < 4.78 is 10.0. The minimum atomic E-state index is -0.945. The monoisotopic (exact) mass is 403 g/mol. The van der Waals surface area contributed by atoms with E-state index < -0.39 is 18.0 Å². The number of carbonyl (C=O) groups is 3. The van der Waals surface area contributed by atoms with Crippen LogP contribution >= 0.6 is 11.8 Å². The van der Waals surface area contributed by atoms with E-state index in [1.807, 2.05) is 31.2 Å². The highest BCUT2D eigenvalue weighted by atomic mass is 32.2. The fourth-order valence-corrected chi connectivity index (χ4v) is 3.64. The van der Waals surface area contributed by atoms with Gasteiger partial charge in [-0.3, -0.25) is 9.59 Å². The van der Waals surface area contributed by atoms with Crippen molar-refractivity contribution < 1.29 is 23.9 Å². The Morgan fingerprint density at radius 3 is 2.36 bits per heavy atom. The highest BCUT2D eigenvalue weighted by Gasteiger charge is 2.27. The van der Waals surface area contributed by atoms with E-state index in [9.17, 15) is 14.4 Å². The second-order valence-corrected chi connectivity index (χ2v) is 7.69. The molecule has 0 aliphatic rings. The molecule has 1 aromatic heterocycles. The number of ether oxygens (including phenoxy) is 2. The number of benzene rings is 1. The van der Waals surface area contributed by atoms with Crippen molar-refractivity contribution >= 4 is 29.5 Å². The highest BCUT2D eigenvalue weighted by molar-refractivity contribution is 7.99. The van der Waals surface area contributed by atoms with Crippen LogP contribution in [0.25, 0.3) is 0 Å². The van der Waals surface area contributed by atoms with Crippen LogP contribution in [0.2, 0.25) is 0 Å². The molecule has 0 radical (unpaired) electrons. The fourth-order valence-electron chi connectivity index (χ4n) is 2.80. The first-order chi connectivity index (χ1) is 13.2. The molecule has 0 saturated carbocycles. The number of nitrogens with one attached hydrogen (secondary N) is 1. The molecule has 2 rings (SSSR count). The first kappa shape index (κ1) is 21.8. The summed E-state index contributed by atoms with van der Waals surface area (Å²) in [5.41, 5.74) is 2.81. The zero-order valence-corrected chi connectivity index (χ0v) is 17.6. The molecule has 0 aliphatic heterocycles. The van der Waals surface area contributed by atoms with Crippen LogP contribution in [0.1, 0.15) is 51.0 Å². The molecule has 1 heterocycles. The van der Waals surface area contributed by atoms with Crippen molar-refractivity contribution in [2.45, 2.75) is 45.1 Å². The van der Waals surface area contributed by atoms with Crippen molar-refractivity contribution in [2.75, 3.05) is 12.9 Å². The average Bonchev–Trinajstić information content (AvgIpc) is 2.96. The minimum absolute atomic E-state index is 0.201. The van der Waals surface area contributed by atoms with Gasteiger partial charge in [-0.1, -0.05) is 17.7 Å². The number of esters is 2. The standard InChI is InChI=1S/C21H25NO5S/c1-12-6-8-16(9-7-12)28-11-10-17(23)27-15(4)20(24)19-13(2)18(14(3)22-19)21(25)26-5/h6-9,15,22H,10-11H2,1-5H3. The number of hydrogen-bond acceptors (Lipinski definition) is 6. The van der Waals surface area contributed by atoms with Gasteiger partial charge in [-0.2, -0.15) is 0 Å². The number of aromatic amines is 1. The molecule has 0 aliphatic carbocycles. The molecule has 0 amide bonds. The summed E-state index contributed by atoms with van der Waals surface area (Å²) in [7, 11) is 1.29. The molecule has 0 bridgehead atoms. The summed E-state index contributed by atoms with van der Waals surface area (Å²) in [5, 5.41) is 0. The lowest BCUT2D eigenvalue weighted by Crippen LogP contribution is -2.25. The Bertz CT molecular complexity index is 870. The molecule has 0 saturated heterocycles. The fraction of sp³-hybridized carbons (Fsp3) is 0.381. The van der Waals surface area contributed by atoms with Crippen molar-refractivity contribution in [1.29, 1.82) is 0 Å². The van der Waals surface area contributed by atoms with E-state index in [2.05, 4.69) is 4.98 Å². The van der Waals surface area contributed by atoms with Gasteiger partial charge in [0.15, 0.2) is 6.10 Å². The van der Waals surface area contributed by atoms with Gasteiger partial charge in [0.1, 0.15) is 0 Å². The number of rotatable bonds is 8. The summed E-state index contributed by atoms with van der Waals surface area (Å²) >= 11 is 1.56. The van der Waals surface area contributed by atoms with Gasteiger partial charge in [0.05, 0.1) is 24.8 Å². The lowest BCUT2D eigenvalue weighted by atomic mass is 10.1. The molecular weight excluding hydrogens is 378 g/mol. The summed E-state index contributed by atoms with van der Waals surface area (Å²) in [6, 6.07) is 8.05. The van der Waals surface area contributed by atoms with E-state index in [-0.39, 0.29) is 17.9 Å². The third kappa shape index (κ3) is 5.25. The molecule has 6 nitrogen and oxygen atoms in total. The topological polar surface area (TPSA) is 85.5 Å². The Labute approximate surface area is 169 Å². The molecule has 1 N–H and O–H groups in total. The van der Waals surface area contributed by atoms with Crippen molar-refractivity contribution in [1.82, 2.24) is 4.98 Å². The van der Waals surface area contributed by atoms with Gasteiger partial charge in [-0.15, -0.1) is 11.8 Å². The number of Topliss-reactive ketones (excluding diaryl/α,β-unsaturated/α-hetero) is 1. The molecular formula is C21H25NO5S. The molecule has 28 heavy (non-hydrogen) atoms.